The summed E-state index contributed by atoms with van der Waals surface area (Å²) in [4.78, 5) is 1.29. The van der Waals surface area contributed by atoms with Crippen LogP contribution in [0.2, 0.25) is 0 Å². The Morgan fingerprint density at radius 1 is 1.21 bits per heavy atom. The van der Waals surface area contributed by atoms with E-state index in [0.29, 0.717) is 0 Å². The fourth-order valence-corrected chi connectivity index (χ4v) is 3.08. The van der Waals surface area contributed by atoms with Gasteiger partial charge in [0.2, 0.25) is 0 Å². The van der Waals surface area contributed by atoms with Gasteiger partial charge in [0, 0.05) is 10.3 Å². The van der Waals surface area contributed by atoms with Crippen molar-refractivity contribution < 1.29 is 4.74 Å². The van der Waals surface area contributed by atoms with Crippen LogP contribution in [0.1, 0.15) is 34.5 Å². The average Bonchev–Trinajstić information content (AvgIpc) is 2.88. The molecule has 0 radical (unpaired) electrons. The second-order valence-electron chi connectivity index (χ2n) is 4.72. The normalized spacial score (nSPS) is 12.4. The second kappa shape index (κ2) is 6.22. The molecule has 2 aromatic rings. The zero-order valence-electron chi connectivity index (χ0n) is 12.0. The minimum Gasteiger partial charge on any atom is -0.496 e. The maximum Gasteiger partial charge on any atom is 0.129 e. The van der Waals surface area contributed by atoms with E-state index in [9.17, 15) is 0 Å². The van der Waals surface area contributed by atoms with Crippen LogP contribution in [0.4, 0.5) is 0 Å². The van der Waals surface area contributed by atoms with E-state index in [1.165, 1.54) is 21.6 Å². The van der Waals surface area contributed by atoms with Crippen LogP contribution in [0.3, 0.4) is 0 Å². The van der Waals surface area contributed by atoms with Crippen molar-refractivity contribution in [3.05, 3.63) is 51.2 Å². The van der Waals surface area contributed by atoms with E-state index in [1.807, 2.05) is 0 Å². The fraction of sp³-hybridized carbons (Fsp3) is 0.375. The quantitative estimate of drug-likeness (QED) is 0.888. The van der Waals surface area contributed by atoms with Crippen LogP contribution in [0.15, 0.2) is 29.6 Å². The Balaban J connectivity index is 2.35. The molecule has 0 aliphatic carbocycles. The van der Waals surface area contributed by atoms with Gasteiger partial charge >= 0.3 is 0 Å². The summed E-state index contributed by atoms with van der Waals surface area (Å²) < 4.78 is 5.28. The van der Waals surface area contributed by atoms with Crippen molar-refractivity contribution in [3.8, 4) is 5.75 Å². The lowest BCUT2D eigenvalue weighted by atomic mass is 10.00. The molecule has 1 atom stereocenters. The third-order valence-corrected chi connectivity index (χ3v) is 4.36. The summed E-state index contributed by atoms with van der Waals surface area (Å²) >= 11 is 1.74. The highest BCUT2D eigenvalue weighted by molar-refractivity contribution is 7.10. The van der Waals surface area contributed by atoms with Crippen molar-refractivity contribution in [2.75, 3.05) is 13.7 Å². The van der Waals surface area contributed by atoms with Crippen LogP contribution >= 0.6 is 11.3 Å². The Kier molecular flexibility index (Phi) is 4.61. The van der Waals surface area contributed by atoms with Crippen molar-refractivity contribution in [2.45, 2.75) is 26.8 Å². The molecule has 3 heteroatoms. The van der Waals surface area contributed by atoms with E-state index < -0.39 is 0 Å². The number of nitrogens with one attached hydrogen (secondary N) is 1. The Hall–Kier alpha value is -1.32. The largest absolute Gasteiger partial charge is 0.496 e. The molecule has 0 saturated carbocycles. The first-order valence-corrected chi connectivity index (χ1v) is 7.46. The van der Waals surface area contributed by atoms with E-state index in [-0.39, 0.29) is 6.04 Å². The molecule has 1 unspecified atom stereocenters. The number of benzene rings is 1. The van der Waals surface area contributed by atoms with Gasteiger partial charge in [-0.3, -0.25) is 0 Å². The van der Waals surface area contributed by atoms with Crippen molar-refractivity contribution in [1.82, 2.24) is 5.32 Å². The minimum absolute atomic E-state index is 0.248. The molecule has 1 heterocycles. The zero-order chi connectivity index (χ0) is 13.8. The highest BCUT2D eigenvalue weighted by Gasteiger charge is 2.16. The summed E-state index contributed by atoms with van der Waals surface area (Å²) in [5, 5.41) is 5.61. The molecule has 1 aromatic carbocycles. The number of methoxy groups -OCH3 is 1. The molecule has 1 N–H and O–H groups in total. The van der Waals surface area contributed by atoms with Crippen LogP contribution in [-0.4, -0.2) is 13.7 Å². The van der Waals surface area contributed by atoms with Gasteiger partial charge in [-0.25, -0.2) is 0 Å². The van der Waals surface area contributed by atoms with Gasteiger partial charge in [0.05, 0.1) is 13.2 Å². The average molecular weight is 275 g/mol. The topological polar surface area (TPSA) is 21.3 Å². The Morgan fingerprint density at radius 3 is 2.58 bits per heavy atom. The van der Waals surface area contributed by atoms with E-state index in [0.717, 1.165) is 12.3 Å². The molecule has 1 aromatic heterocycles. The fourth-order valence-electron chi connectivity index (χ4n) is 2.12. The van der Waals surface area contributed by atoms with Crippen molar-refractivity contribution in [2.24, 2.45) is 0 Å². The first-order valence-electron chi connectivity index (χ1n) is 6.58. The predicted molar refractivity (Wildman–Crippen MR) is 82.3 cm³/mol. The van der Waals surface area contributed by atoms with Crippen molar-refractivity contribution in [3.63, 3.8) is 0 Å². The number of thiophene rings is 1. The van der Waals surface area contributed by atoms with Gasteiger partial charge in [-0.2, -0.15) is 0 Å². The van der Waals surface area contributed by atoms with E-state index >= 15 is 0 Å². The zero-order valence-corrected chi connectivity index (χ0v) is 12.8. The van der Waals surface area contributed by atoms with Gasteiger partial charge in [-0.15, -0.1) is 11.3 Å². The summed E-state index contributed by atoms with van der Waals surface area (Å²) in [6.07, 6.45) is 0. The van der Waals surface area contributed by atoms with Gasteiger partial charge in [0.15, 0.2) is 0 Å². The Bertz CT molecular complexity index is 547. The third kappa shape index (κ3) is 3.17. The molecule has 0 fully saturated rings. The molecular formula is C16H21NOS. The highest BCUT2D eigenvalue weighted by atomic mass is 32.1. The predicted octanol–water partition coefficient (Wildman–Crippen LogP) is 4.07. The highest BCUT2D eigenvalue weighted by Crippen LogP contribution is 2.31. The molecule has 0 saturated heterocycles. The van der Waals surface area contributed by atoms with Crippen LogP contribution in [0.25, 0.3) is 0 Å². The number of hydrogen-bond donors (Lipinski definition) is 1. The second-order valence-corrected chi connectivity index (χ2v) is 5.67. The van der Waals surface area contributed by atoms with Crippen LogP contribution < -0.4 is 10.1 Å². The molecule has 0 amide bonds. The lowest BCUT2D eigenvalue weighted by Crippen LogP contribution is -2.21. The first-order chi connectivity index (χ1) is 9.15. The standard InChI is InChI=1S/C16H21NOS/c1-5-17-16(15-9-14(18-4)10-19-15)13-7-6-11(2)12(3)8-13/h6-10,16-17H,5H2,1-4H3. The Morgan fingerprint density at radius 2 is 2.00 bits per heavy atom. The monoisotopic (exact) mass is 275 g/mol. The number of ether oxygens (including phenoxy) is 1. The summed E-state index contributed by atoms with van der Waals surface area (Å²) in [6.45, 7) is 7.39. The van der Waals surface area contributed by atoms with Crippen LogP contribution in [-0.2, 0) is 0 Å². The van der Waals surface area contributed by atoms with Gasteiger partial charge in [-0.05, 0) is 43.1 Å². The Labute approximate surface area is 119 Å². The lowest BCUT2D eigenvalue weighted by Gasteiger charge is -2.18. The smallest absolute Gasteiger partial charge is 0.129 e. The van der Waals surface area contributed by atoms with Gasteiger partial charge in [-0.1, -0.05) is 25.1 Å². The van der Waals surface area contributed by atoms with Crippen LogP contribution in [0, 0.1) is 13.8 Å². The maximum atomic E-state index is 5.28. The molecule has 2 rings (SSSR count). The first kappa shape index (κ1) is 14.1. The summed E-state index contributed by atoms with van der Waals surface area (Å²) in [5.74, 6) is 0.937. The SMILES string of the molecule is CCNC(c1ccc(C)c(C)c1)c1cc(OC)cs1. The van der Waals surface area contributed by atoms with Gasteiger partial charge in [0.1, 0.15) is 5.75 Å². The van der Waals surface area contributed by atoms with Crippen LogP contribution in [0.5, 0.6) is 5.75 Å². The van der Waals surface area contributed by atoms with E-state index in [2.05, 4.69) is 55.7 Å². The maximum absolute atomic E-state index is 5.28. The summed E-state index contributed by atoms with van der Waals surface area (Å²) in [5.41, 5.74) is 3.99. The molecule has 0 aliphatic heterocycles. The van der Waals surface area contributed by atoms with E-state index in [4.69, 9.17) is 4.74 Å². The van der Waals surface area contributed by atoms with Crippen molar-refractivity contribution in [1.29, 1.82) is 0 Å². The molecule has 2 nitrogen and oxygen atoms in total. The van der Waals surface area contributed by atoms with Gasteiger partial charge in [0.25, 0.3) is 0 Å². The summed E-state index contributed by atoms with van der Waals surface area (Å²) in [6, 6.07) is 9.04. The lowest BCUT2D eigenvalue weighted by molar-refractivity contribution is 0.416. The van der Waals surface area contributed by atoms with E-state index in [1.54, 1.807) is 18.4 Å². The molecule has 102 valence electrons. The molecule has 0 aliphatic rings. The molecular weight excluding hydrogens is 254 g/mol. The summed E-state index contributed by atoms with van der Waals surface area (Å²) in [7, 11) is 1.71. The van der Waals surface area contributed by atoms with Crippen molar-refractivity contribution >= 4 is 11.3 Å². The number of aryl methyl sites for hydroxylation is 2. The number of rotatable bonds is 5. The minimum atomic E-state index is 0.248. The molecule has 0 bridgehead atoms. The third-order valence-electron chi connectivity index (χ3n) is 3.39. The number of hydrogen-bond acceptors (Lipinski definition) is 3. The molecule has 0 spiro atoms. The van der Waals surface area contributed by atoms with Gasteiger partial charge < -0.3 is 10.1 Å². The molecule has 19 heavy (non-hydrogen) atoms.